The second kappa shape index (κ2) is 4.83. The van der Waals surface area contributed by atoms with Crippen LogP contribution in [0.25, 0.3) is 0 Å². The molecule has 0 fully saturated rings. The molecule has 0 aliphatic rings. The zero-order valence-corrected chi connectivity index (χ0v) is 7.71. The fourth-order valence-electron chi connectivity index (χ4n) is 0.763. The quantitative estimate of drug-likeness (QED) is 0.649. The predicted molar refractivity (Wildman–Crippen MR) is 51.5 cm³/mol. The second-order valence-corrected chi connectivity index (χ2v) is 2.79. The van der Waals surface area contributed by atoms with Crippen LogP contribution in [0.15, 0.2) is 36.6 Å². The van der Waals surface area contributed by atoms with E-state index in [4.69, 9.17) is 16.3 Å². The molecule has 0 bridgehead atoms. The van der Waals surface area contributed by atoms with E-state index in [9.17, 15) is 0 Å². The molecule has 0 heterocycles. The summed E-state index contributed by atoms with van der Waals surface area (Å²) >= 11 is 5.75. The average molecular weight is 183 g/mol. The van der Waals surface area contributed by atoms with Crippen LogP contribution in [0.5, 0.6) is 5.75 Å². The Morgan fingerprint density at radius 3 is 3.00 bits per heavy atom. The summed E-state index contributed by atoms with van der Waals surface area (Å²) in [4.78, 5) is 0. The van der Waals surface area contributed by atoms with Crippen molar-refractivity contribution in [3.05, 3.63) is 41.6 Å². The molecule has 0 spiro atoms. The maximum absolute atomic E-state index is 5.75. The maximum atomic E-state index is 5.75. The molecular weight excluding hydrogens is 172 g/mol. The maximum Gasteiger partial charge on any atom is 0.127 e. The molecule has 0 radical (unpaired) electrons. The highest BCUT2D eigenvalue weighted by molar-refractivity contribution is 6.30. The number of allylic oxidation sites excluding steroid dienone is 1. The molecule has 64 valence electrons. The smallest absolute Gasteiger partial charge is 0.127 e. The lowest BCUT2D eigenvalue weighted by molar-refractivity contribution is 0.479. The van der Waals surface area contributed by atoms with E-state index in [1.54, 1.807) is 12.3 Å². The Labute approximate surface area is 77.6 Å². The summed E-state index contributed by atoms with van der Waals surface area (Å²) in [6, 6.07) is 7.32. The summed E-state index contributed by atoms with van der Waals surface area (Å²) in [5, 5.41) is 0.692. The summed E-state index contributed by atoms with van der Waals surface area (Å²) in [7, 11) is 0. The molecule has 2 heteroatoms. The van der Waals surface area contributed by atoms with Crippen LogP contribution in [0.2, 0.25) is 5.02 Å². The highest BCUT2D eigenvalue weighted by Gasteiger charge is 1.90. The average Bonchev–Trinajstić information content (AvgIpc) is 2.05. The van der Waals surface area contributed by atoms with Crippen molar-refractivity contribution in [2.24, 2.45) is 0 Å². The number of ether oxygens (including phenoxy) is 1. The Morgan fingerprint density at radius 2 is 2.33 bits per heavy atom. The van der Waals surface area contributed by atoms with Crippen LogP contribution in [0.1, 0.15) is 13.3 Å². The van der Waals surface area contributed by atoms with E-state index in [2.05, 4.69) is 6.92 Å². The van der Waals surface area contributed by atoms with Crippen LogP contribution < -0.4 is 4.74 Å². The van der Waals surface area contributed by atoms with Gasteiger partial charge in [0.05, 0.1) is 6.26 Å². The first-order chi connectivity index (χ1) is 5.83. The molecular formula is C10H11ClO. The Morgan fingerprint density at radius 1 is 1.50 bits per heavy atom. The largest absolute Gasteiger partial charge is 0.465 e. The molecule has 0 saturated heterocycles. The first-order valence-corrected chi connectivity index (χ1v) is 4.28. The Balaban J connectivity index is 2.57. The molecule has 12 heavy (non-hydrogen) atoms. The van der Waals surface area contributed by atoms with E-state index in [1.807, 2.05) is 24.3 Å². The number of benzene rings is 1. The molecule has 1 aromatic carbocycles. The van der Waals surface area contributed by atoms with Gasteiger partial charge in [-0.25, -0.2) is 0 Å². The molecule has 0 atom stereocenters. The van der Waals surface area contributed by atoms with Gasteiger partial charge in [-0.15, -0.1) is 0 Å². The van der Waals surface area contributed by atoms with Crippen molar-refractivity contribution in [3.8, 4) is 5.75 Å². The van der Waals surface area contributed by atoms with Gasteiger partial charge in [0.25, 0.3) is 0 Å². The topological polar surface area (TPSA) is 9.23 Å². The van der Waals surface area contributed by atoms with Crippen molar-refractivity contribution in [1.29, 1.82) is 0 Å². The zero-order chi connectivity index (χ0) is 8.81. The van der Waals surface area contributed by atoms with Crippen LogP contribution in [-0.4, -0.2) is 0 Å². The minimum atomic E-state index is 0.692. The Bertz CT molecular complexity index is 268. The predicted octanol–water partition coefficient (Wildman–Crippen LogP) is 3.64. The molecule has 1 nitrogen and oxygen atoms in total. The third-order valence-corrected chi connectivity index (χ3v) is 1.57. The van der Waals surface area contributed by atoms with Crippen molar-refractivity contribution < 1.29 is 4.74 Å². The minimum Gasteiger partial charge on any atom is -0.465 e. The Hall–Kier alpha value is -0.950. The van der Waals surface area contributed by atoms with E-state index in [0.717, 1.165) is 12.2 Å². The van der Waals surface area contributed by atoms with E-state index >= 15 is 0 Å². The van der Waals surface area contributed by atoms with Gasteiger partial charge in [-0.1, -0.05) is 24.6 Å². The van der Waals surface area contributed by atoms with E-state index < -0.39 is 0 Å². The van der Waals surface area contributed by atoms with Crippen molar-refractivity contribution in [1.82, 2.24) is 0 Å². The fraction of sp³-hybridized carbons (Fsp3) is 0.200. The van der Waals surface area contributed by atoms with Crippen LogP contribution in [-0.2, 0) is 0 Å². The van der Waals surface area contributed by atoms with Gasteiger partial charge < -0.3 is 4.74 Å². The molecule has 1 aromatic rings. The highest BCUT2D eigenvalue weighted by Crippen LogP contribution is 2.17. The van der Waals surface area contributed by atoms with Gasteiger partial charge in [0.1, 0.15) is 5.75 Å². The lowest BCUT2D eigenvalue weighted by Gasteiger charge is -1.98. The van der Waals surface area contributed by atoms with Crippen molar-refractivity contribution in [2.45, 2.75) is 13.3 Å². The van der Waals surface area contributed by atoms with Crippen LogP contribution in [0.3, 0.4) is 0 Å². The van der Waals surface area contributed by atoms with E-state index in [0.29, 0.717) is 5.02 Å². The molecule has 0 unspecified atom stereocenters. The van der Waals surface area contributed by atoms with Gasteiger partial charge in [-0.3, -0.25) is 0 Å². The van der Waals surface area contributed by atoms with Gasteiger partial charge in [0.15, 0.2) is 0 Å². The second-order valence-electron chi connectivity index (χ2n) is 2.36. The van der Waals surface area contributed by atoms with Crippen molar-refractivity contribution in [2.75, 3.05) is 0 Å². The summed E-state index contributed by atoms with van der Waals surface area (Å²) in [5.41, 5.74) is 0. The van der Waals surface area contributed by atoms with Crippen molar-refractivity contribution >= 4 is 11.6 Å². The molecule has 1 rings (SSSR count). The van der Waals surface area contributed by atoms with Crippen LogP contribution in [0.4, 0.5) is 0 Å². The Kier molecular flexibility index (Phi) is 3.68. The molecule has 0 amide bonds. The number of hydrogen-bond donors (Lipinski definition) is 0. The van der Waals surface area contributed by atoms with Crippen molar-refractivity contribution in [3.63, 3.8) is 0 Å². The van der Waals surface area contributed by atoms with E-state index in [-0.39, 0.29) is 0 Å². The van der Waals surface area contributed by atoms with Crippen LogP contribution >= 0.6 is 11.6 Å². The minimum absolute atomic E-state index is 0.692. The van der Waals surface area contributed by atoms with Crippen LogP contribution in [0, 0.1) is 0 Å². The van der Waals surface area contributed by atoms with Gasteiger partial charge in [-0.05, 0) is 30.7 Å². The molecule has 0 aliphatic carbocycles. The third-order valence-electron chi connectivity index (χ3n) is 1.33. The standard InChI is InChI=1S/C10H11ClO/c1-2-3-7-12-10-6-4-5-9(11)8-10/h3-8H,2H2,1H3/b7-3+. The lowest BCUT2D eigenvalue weighted by atomic mass is 10.3. The molecule has 0 aromatic heterocycles. The first-order valence-electron chi connectivity index (χ1n) is 3.90. The third kappa shape index (κ3) is 2.97. The SMILES string of the molecule is CC/C=C/Oc1cccc(Cl)c1. The molecule has 0 saturated carbocycles. The van der Waals surface area contributed by atoms with Gasteiger partial charge >= 0.3 is 0 Å². The van der Waals surface area contributed by atoms with Gasteiger partial charge in [0, 0.05) is 5.02 Å². The summed E-state index contributed by atoms with van der Waals surface area (Å²) < 4.78 is 5.26. The normalized spacial score (nSPS) is 10.5. The zero-order valence-electron chi connectivity index (χ0n) is 6.96. The number of hydrogen-bond acceptors (Lipinski definition) is 1. The summed E-state index contributed by atoms with van der Waals surface area (Å²) in [6.07, 6.45) is 4.59. The molecule has 0 N–H and O–H groups in total. The number of halogens is 1. The lowest BCUT2D eigenvalue weighted by Crippen LogP contribution is -1.80. The van der Waals surface area contributed by atoms with Gasteiger partial charge in [0.2, 0.25) is 0 Å². The van der Waals surface area contributed by atoms with Gasteiger partial charge in [-0.2, -0.15) is 0 Å². The highest BCUT2D eigenvalue weighted by atomic mass is 35.5. The molecule has 0 aliphatic heterocycles. The monoisotopic (exact) mass is 182 g/mol. The van der Waals surface area contributed by atoms with E-state index in [1.165, 1.54) is 0 Å². The number of rotatable bonds is 3. The fourth-order valence-corrected chi connectivity index (χ4v) is 0.943. The summed E-state index contributed by atoms with van der Waals surface area (Å²) in [6.45, 7) is 2.05. The first kappa shape index (κ1) is 9.14. The summed E-state index contributed by atoms with van der Waals surface area (Å²) in [5.74, 6) is 0.771.